The molecule has 118 valence electrons. The van der Waals surface area contributed by atoms with Crippen molar-refractivity contribution in [1.82, 2.24) is 5.32 Å². The summed E-state index contributed by atoms with van der Waals surface area (Å²) < 4.78 is 0. The van der Waals surface area contributed by atoms with Crippen LogP contribution in [0.3, 0.4) is 0 Å². The molecule has 0 saturated carbocycles. The summed E-state index contributed by atoms with van der Waals surface area (Å²) in [4.78, 5) is 17.7. The van der Waals surface area contributed by atoms with Gasteiger partial charge in [-0.15, -0.1) is 0 Å². The van der Waals surface area contributed by atoms with Crippen molar-refractivity contribution >= 4 is 44.5 Å². The van der Waals surface area contributed by atoms with Gasteiger partial charge in [-0.3, -0.25) is 4.79 Å². The van der Waals surface area contributed by atoms with E-state index in [1.165, 1.54) is 22.9 Å². The molecule has 1 aliphatic carbocycles. The van der Waals surface area contributed by atoms with Crippen LogP contribution in [0.25, 0.3) is 0 Å². The normalized spacial score (nSPS) is 24.2. The number of carbonyl (C=O) groups is 1. The Kier molecular flexibility index (Phi) is 4.87. The van der Waals surface area contributed by atoms with E-state index in [-0.39, 0.29) is 5.91 Å². The molecule has 1 N–H and O–H groups in total. The highest BCUT2D eigenvalue weighted by atomic mass is 79.9. The van der Waals surface area contributed by atoms with E-state index < -0.39 is 0 Å². The SMILES string of the molecule is Cc1ccc(N=C2NC(=O)/C(=C/C3=CC[C@H](Br)C=C3)S2)cc1C. The minimum atomic E-state index is -0.0900. The largest absolute Gasteiger partial charge is 0.300 e. The summed E-state index contributed by atoms with van der Waals surface area (Å²) in [7, 11) is 0. The third kappa shape index (κ3) is 4.03. The second-order valence-electron chi connectivity index (χ2n) is 5.57. The fourth-order valence-corrected chi connectivity index (χ4v) is 3.44. The molecule has 0 unspecified atom stereocenters. The Morgan fingerprint density at radius 2 is 2.17 bits per heavy atom. The van der Waals surface area contributed by atoms with E-state index in [1.807, 2.05) is 30.4 Å². The zero-order valence-electron chi connectivity index (χ0n) is 13.0. The number of thioether (sulfide) groups is 1. The lowest BCUT2D eigenvalue weighted by molar-refractivity contribution is -0.115. The average molecular weight is 389 g/mol. The predicted molar refractivity (Wildman–Crippen MR) is 101 cm³/mol. The lowest BCUT2D eigenvalue weighted by atomic mass is 10.1. The molecule has 1 atom stereocenters. The van der Waals surface area contributed by atoms with Crippen LogP contribution in [0.2, 0.25) is 0 Å². The molecule has 0 bridgehead atoms. The van der Waals surface area contributed by atoms with Crippen molar-refractivity contribution < 1.29 is 4.79 Å². The molecule has 2 aliphatic rings. The number of benzene rings is 1. The van der Waals surface area contributed by atoms with E-state index in [4.69, 9.17) is 0 Å². The molecule has 3 rings (SSSR count). The highest BCUT2D eigenvalue weighted by molar-refractivity contribution is 9.09. The van der Waals surface area contributed by atoms with Crippen LogP contribution in [0, 0.1) is 13.8 Å². The minimum Gasteiger partial charge on any atom is -0.300 e. The summed E-state index contributed by atoms with van der Waals surface area (Å²) in [6, 6.07) is 6.03. The maximum Gasteiger partial charge on any atom is 0.264 e. The van der Waals surface area contributed by atoms with Crippen LogP contribution in [-0.2, 0) is 4.79 Å². The highest BCUT2D eigenvalue weighted by Gasteiger charge is 2.24. The Hall–Kier alpha value is -1.59. The number of halogens is 1. The van der Waals surface area contributed by atoms with Crippen LogP contribution in [0.5, 0.6) is 0 Å². The van der Waals surface area contributed by atoms with E-state index in [1.54, 1.807) is 0 Å². The molecule has 0 radical (unpaired) electrons. The monoisotopic (exact) mass is 388 g/mol. The van der Waals surface area contributed by atoms with Crippen molar-refractivity contribution in [2.24, 2.45) is 4.99 Å². The first kappa shape index (κ1) is 16.3. The number of amides is 1. The first-order valence-electron chi connectivity index (χ1n) is 7.40. The van der Waals surface area contributed by atoms with Crippen molar-refractivity contribution in [2.45, 2.75) is 25.1 Å². The van der Waals surface area contributed by atoms with Gasteiger partial charge in [0.2, 0.25) is 0 Å². The van der Waals surface area contributed by atoms with Gasteiger partial charge in [-0.1, -0.05) is 40.2 Å². The Labute approximate surface area is 148 Å². The lowest BCUT2D eigenvalue weighted by Crippen LogP contribution is -2.19. The van der Waals surface area contributed by atoms with Gasteiger partial charge in [-0.2, -0.15) is 0 Å². The van der Waals surface area contributed by atoms with E-state index in [2.05, 4.69) is 52.2 Å². The molecule has 1 heterocycles. The topological polar surface area (TPSA) is 41.5 Å². The van der Waals surface area contributed by atoms with E-state index in [0.717, 1.165) is 17.7 Å². The second kappa shape index (κ2) is 6.89. The fraction of sp³-hybridized carbons (Fsp3) is 0.222. The van der Waals surface area contributed by atoms with Crippen molar-refractivity contribution in [1.29, 1.82) is 0 Å². The fourth-order valence-electron chi connectivity index (χ4n) is 2.26. The quantitative estimate of drug-likeness (QED) is 0.589. The molecule has 1 amide bonds. The third-order valence-corrected chi connectivity index (χ3v) is 5.33. The van der Waals surface area contributed by atoms with Crippen LogP contribution in [0.4, 0.5) is 5.69 Å². The molecule has 0 spiro atoms. The Bertz CT molecular complexity index is 777. The van der Waals surface area contributed by atoms with Crippen LogP contribution in [0.1, 0.15) is 17.5 Å². The van der Waals surface area contributed by atoms with Crippen molar-refractivity contribution in [2.75, 3.05) is 0 Å². The predicted octanol–water partition coefficient (Wildman–Crippen LogP) is 4.69. The maximum absolute atomic E-state index is 12.1. The van der Waals surface area contributed by atoms with Gasteiger partial charge in [-0.05, 0) is 66.9 Å². The van der Waals surface area contributed by atoms with E-state index in [0.29, 0.717) is 14.9 Å². The average Bonchev–Trinajstić information content (AvgIpc) is 2.85. The molecule has 1 aromatic carbocycles. The summed E-state index contributed by atoms with van der Waals surface area (Å²) in [6.07, 6.45) is 9.10. The van der Waals surface area contributed by atoms with E-state index in [9.17, 15) is 4.79 Å². The second-order valence-corrected chi connectivity index (χ2v) is 7.77. The molecule has 0 aromatic heterocycles. The number of allylic oxidation sites excluding steroid dienone is 5. The van der Waals surface area contributed by atoms with Crippen LogP contribution >= 0.6 is 27.7 Å². The van der Waals surface area contributed by atoms with Gasteiger partial charge in [0.15, 0.2) is 5.17 Å². The number of hydrogen-bond acceptors (Lipinski definition) is 3. The highest BCUT2D eigenvalue weighted by Crippen LogP contribution is 2.29. The number of nitrogens with zero attached hydrogens (tertiary/aromatic N) is 1. The first-order valence-corrected chi connectivity index (χ1v) is 9.14. The summed E-state index contributed by atoms with van der Waals surface area (Å²) in [5.74, 6) is -0.0900. The number of rotatable bonds is 2. The van der Waals surface area contributed by atoms with Gasteiger partial charge in [0.05, 0.1) is 10.6 Å². The molecule has 1 aromatic rings. The Balaban J connectivity index is 1.78. The standard InChI is InChI=1S/C18H17BrN2OS/c1-11-3-8-15(9-12(11)2)20-18-21-17(22)16(23-18)10-13-4-6-14(19)7-5-13/h3-6,8-10,14H,7H2,1-2H3,(H,20,21,22)/b16-10-/t14-/m1/s1. The van der Waals surface area contributed by atoms with Gasteiger partial charge in [0.25, 0.3) is 5.91 Å². The summed E-state index contributed by atoms with van der Waals surface area (Å²) in [6.45, 7) is 4.13. The lowest BCUT2D eigenvalue weighted by Gasteiger charge is -2.07. The van der Waals surface area contributed by atoms with Crippen molar-refractivity contribution in [3.8, 4) is 0 Å². The number of carbonyl (C=O) groups excluding carboxylic acids is 1. The van der Waals surface area contributed by atoms with Crippen LogP contribution in [0.15, 0.2) is 58.0 Å². The number of alkyl halides is 1. The van der Waals surface area contributed by atoms with Crippen LogP contribution < -0.4 is 5.32 Å². The van der Waals surface area contributed by atoms with Gasteiger partial charge in [0, 0.05) is 4.83 Å². The molecular weight excluding hydrogens is 372 g/mol. The summed E-state index contributed by atoms with van der Waals surface area (Å²) >= 11 is 4.92. The molecule has 23 heavy (non-hydrogen) atoms. The van der Waals surface area contributed by atoms with Crippen LogP contribution in [-0.4, -0.2) is 15.9 Å². The van der Waals surface area contributed by atoms with Gasteiger partial charge in [0.1, 0.15) is 0 Å². The third-order valence-electron chi connectivity index (χ3n) is 3.75. The molecule has 1 saturated heterocycles. The zero-order valence-corrected chi connectivity index (χ0v) is 15.4. The minimum absolute atomic E-state index is 0.0900. The molecule has 1 aliphatic heterocycles. The van der Waals surface area contributed by atoms with E-state index >= 15 is 0 Å². The Morgan fingerprint density at radius 1 is 1.35 bits per heavy atom. The van der Waals surface area contributed by atoms with Crippen molar-refractivity contribution in [3.05, 3.63) is 64.1 Å². The van der Waals surface area contributed by atoms with Gasteiger partial charge in [-0.25, -0.2) is 4.99 Å². The molecule has 5 heteroatoms. The number of aryl methyl sites for hydroxylation is 2. The Morgan fingerprint density at radius 3 is 2.87 bits per heavy atom. The summed E-state index contributed by atoms with van der Waals surface area (Å²) in [5.41, 5.74) is 4.35. The van der Waals surface area contributed by atoms with Gasteiger partial charge < -0.3 is 5.32 Å². The maximum atomic E-state index is 12.1. The number of aliphatic imine (C=N–C) groups is 1. The van der Waals surface area contributed by atoms with Crippen molar-refractivity contribution in [3.63, 3.8) is 0 Å². The molecule has 3 nitrogen and oxygen atoms in total. The molecule has 1 fully saturated rings. The molecular formula is C18H17BrN2OS. The number of amidine groups is 1. The van der Waals surface area contributed by atoms with Gasteiger partial charge >= 0.3 is 0 Å². The zero-order chi connectivity index (χ0) is 16.4. The summed E-state index contributed by atoms with van der Waals surface area (Å²) in [5, 5.41) is 3.46. The smallest absolute Gasteiger partial charge is 0.264 e. The number of nitrogens with one attached hydrogen (secondary N) is 1. The number of hydrogen-bond donors (Lipinski definition) is 1. The first-order chi connectivity index (χ1) is 11.0.